The van der Waals surface area contributed by atoms with E-state index in [-0.39, 0.29) is 17.6 Å². The number of nitrogens with zero attached hydrogens (tertiary/aromatic N) is 5. The van der Waals surface area contributed by atoms with Crippen LogP contribution in [-0.2, 0) is 21.6 Å². The number of carbonyl (C=O) groups is 1. The lowest BCUT2D eigenvalue weighted by atomic mass is 10.0. The molecule has 0 aliphatic heterocycles. The molecule has 0 aromatic carbocycles. The summed E-state index contributed by atoms with van der Waals surface area (Å²) in [7, 11) is 0. The minimum absolute atomic E-state index is 0.135. The predicted molar refractivity (Wildman–Crippen MR) is 137 cm³/mol. The van der Waals surface area contributed by atoms with E-state index in [1.165, 1.54) is 10.9 Å². The van der Waals surface area contributed by atoms with Crippen LogP contribution in [0.25, 0.3) is 0 Å². The number of hydrogen-bond acceptors (Lipinski definition) is 8. The van der Waals surface area contributed by atoms with Crippen molar-refractivity contribution in [3.8, 4) is 0 Å². The second-order valence-corrected chi connectivity index (χ2v) is 10.2. The standard InChI is InChI=1S/C26H37N7O3/c1-26(2,3)33-24(30-23-8-6-7-20(29-23)17-35-14-5-4-11-27)16-22(31-33)19-9-10-21(15-19)36-25(34)32-13-12-28-18-32/h6-8,12-13,16,18-19,21H,4-5,9-11,14-15,17,27H2,1-3H3,(H,29,30)/t19-,21+/m0/s1. The zero-order chi connectivity index (χ0) is 25.5. The van der Waals surface area contributed by atoms with Crippen LogP contribution in [0.1, 0.15) is 70.2 Å². The van der Waals surface area contributed by atoms with Crippen LogP contribution < -0.4 is 11.1 Å². The predicted octanol–water partition coefficient (Wildman–Crippen LogP) is 4.55. The zero-order valence-electron chi connectivity index (χ0n) is 21.4. The highest BCUT2D eigenvalue weighted by atomic mass is 16.6. The van der Waals surface area contributed by atoms with Crippen LogP contribution in [0.5, 0.6) is 0 Å². The molecule has 0 radical (unpaired) electrons. The fraction of sp³-hybridized carbons (Fsp3) is 0.538. The lowest BCUT2D eigenvalue weighted by Crippen LogP contribution is -2.25. The van der Waals surface area contributed by atoms with Gasteiger partial charge in [0.25, 0.3) is 0 Å². The summed E-state index contributed by atoms with van der Waals surface area (Å²) < 4.78 is 14.8. The van der Waals surface area contributed by atoms with Crippen LogP contribution >= 0.6 is 0 Å². The molecule has 0 spiro atoms. The van der Waals surface area contributed by atoms with Gasteiger partial charge in [-0.05, 0) is 71.6 Å². The fourth-order valence-corrected chi connectivity index (χ4v) is 4.37. The quantitative estimate of drug-likeness (QED) is 0.393. The Balaban J connectivity index is 1.42. The van der Waals surface area contributed by atoms with Crippen molar-refractivity contribution in [3.05, 3.63) is 54.4 Å². The maximum Gasteiger partial charge on any atom is 0.419 e. The summed E-state index contributed by atoms with van der Waals surface area (Å²) in [6.07, 6.45) is 8.46. The molecular weight excluding hydrogens is 458 g/mol. The number of nitrogens with two attached hydrogens (primary N) is 1. The molecule has 1 aliphatic rings. The number of anilines is 2. The first-order valence-corrected chi connectivity index (χ1v) is 12.6. The third-order valence-electron chi connectivity index (χ3n) is 6.20. The average molecular weight is 496 g/mol. The van der Waals surface area contributed by atoms with E-state index < -0.39 is 6.09 Å². The van der Waals surface area contributed by atoms with Crippen LogP contribution in [0.2, 0.25) is 0 Å². The maximum atomic E-state index is 12.3. The first-order valence-electron chi connectivity index (χ1n) is 12.6. The Kier molecular flexibility index (Phi) is 8.37. The van der Waals surface area contributed by atoms with Gasteiger partial charge in [0, 0.05) is 31.0 Å². The molecular formula is C26H37N7O3. The van der Waals surface area contributed by atoms with E-state index in [1.54, 1.807) is 12.4 Å². The van der Waals surface area contributed by atoms with Crippen LogP contribution in [0, 0.1) is 0 Å². The molecule has 3 aromatic heterocycles. The van der Waals surface area contributed by atoms with Gasteiger partial charge in [-0.1, -0.05) is 6.07 Å². The number of pyridine rings is 1. The Bertz CT molecular complexity index is 1120. The maximum absolute atomic E-state index is 12.3. The topological polar surface area (TPSA) is 122 Å². The number of rotatable bonds is 10. The van der Waals surface area contributed by atoms with Crippen LogP contribution in [0.3, 0.4) is 0 Å². The van der Waals surface area contributed by atoms with Crippen LogP contribution in [0.4, 0.5) is 16.4 Å². The van der Waals surface area contributed by atoms with Crippen molar-refractivity contribution < 1.29 is 14.3 Å². The molecule has 0 amide bonds. The van der Waals surface area contributed by atoms with Gasteiger partial charge in [0.05, 0.1) is 23.5 Å². The summed E-state index contributed by atoms with van der Waals surface area (Å²) in [5.74, 6) is 1.84. The SMILES string of the molecule is CC(C)(C)n1nc([C@H]2CC[C@@H](OC(=O)n3ccnc3)C2)cc1Nc1cccc(COCCCCN)n1. The van der Waals surface area contributed by atoms with Gasteiger partial charge in [-0.15, -0.1) is 0 Å². The molecule has 0 bridgehead atoms. The highest BCUT2D eigenvalue weighted by Gasteiger charge is 2.32. The second kappa shape index (κ2) is 11.7. The van der Waals surface area contributed by atoms with Gasteiger partial charge in [0.1, 0.15) is 24.1 Å². The lowest BCUT2D eigenvalue weighted by Gasteiger charge is -2.22. The molecule has 1 saturated carbocycles. The molecule has 4 rings (SSSR count). The van der Waals surface area contributed by atoms with Crippen molar-refractivity contribution in [2.45, 2.75) is 77.0 Å². The monoisotopic (exact) mass is 495 g/mol. The first-order chi connectivity index (χ1) is 17.3. The minimum atomic E-state index is -0.393. The van der Waals surface area contributed by atoms with E-state index in [1.807, 2.05) is 22.9 Å². The summed E-state index contributed by atoms with van der Waals surface area (Å²) in [5.41, 5.74) is 7.17. The molecule has 36 heavy (non-hydrogen) atoms. The van der Waals surface area contributed by atoms with Crippen molar-refractivity contribution in [1.82, 2.24) is 24.3 Å². The average Bonchev–Trinajstić information content (AvgIpc) is 3.60. The van der Waals surface area contributed by atoms with E-state index in [9.17, 15) is 4.79 Å². The van der Waals surface area contributed by atoms with Crippen molar-refractivity contribution in [2.24, 2.45) is 5.73 Å². The molecule has 2 atom stereocenters. The number of imidazole rings is 1. The van der Waals surface area contributed by atoms with Crippen molar-refractivity contribution in [2.75, 3.05) is 18.5 Å². The van der Waals surface area contributed by atoms with E-state index in [0.717, 1.165) is 55.1 Å². The van der Waals surface area contributed by atoms with Crippen LogP contribution in [-0.4, -0.2) is 49.7 Å². The number of aromatic nitrogens is 5. The molecule has 3 N–H and O–H groups in total. The number of nitrogens with one attached hydrogen (secondary N) is 1. The van der Waals surface area contributed by atoms with Crippen molar-refractivity contribution >= 4 is 17.7 Å². The molecule has 1 fully saturated rings. The van der Waals surface area contributed by atoms with Gasteiger partial charge in [-0.25, -0.2) is 24.0 Å². The summed E-state index contributed by atoms with van der Waals surface area (Å²) in [5, 5.41) is 8.42. The first kappa shape index (κ1) is 25.8. The molecule has 3 aromatic rings. The number of unbranched alkanes of at least 4 members (excludes halogenated alkanes) is 1. The third kappa shape index (κ3) is 6.70. The van der Waals surface area contributed by atoms with Crippen molar-refractivity contribution in [3.63, 3.8) is 0 Å². The summed E-state index contributed by atoms with van der Waals surface area (Å²) >= 11 is 0. The van der Waals surface area contributed by atoms with E-state index in [4.69, 9.17) is 25.3 Å². The van der Waals surface area contributed by atoms with Gasteiger partial charge in [-0.3, -0.25) is 0 Å². The van der Waals surface area contributed by atoms with Gasteiger partial charge >= 0.3 is 6.09 Å². The largest absolute Gasteiger partial charge is 0.446 e. The Morgan fingerprint density at radius 3 is 2.86 bits per heavy atom. The highest BCUT2D eigenvalue weighted by molar-refractivity contribution is 5.70. The smallest absolute Gasteiger partial charge is 0.419 e. The Hall–Kier alpha value is -3.24. The van der Waals surface area contributed by atoms with E-state index in [2.05, 4.69) is 37.1 Å². The number of hydrogen-bond donors (Lipinski definition) is 2. The molecule has 10 heteroatoms. The summed E-state index contributed by atoms with van der Waals surface area (Å²) in [6.45, 7) is 8.19. The Morgan fingerprint density at radius 1 is 1.25 bits per heavy atom. The Morgan fingerprint density at radius 2 is 2.11 bits per heavy atom. The molecule has 0 unspecified atom stereocenters. The number of carbonyl (C=O) groups excluding carboxylic acids is 1. The third-order valence-corrected chi connectivity index (χ3v) is 6.20. The molecule has 1 aliphatic carbocycles. The number of ether oxygens (including phenoxy) is 2. The van der Waals surface area contributed by atoms with Gasteiger partial charge in [-0.2, -0.15) is 5.10 Å². The second-order valence-electron chi connectivity index (χ2n) is 10.2. The molecule has 10 nitrogen and oxygen atoms in total. The molecule has 0 saturated heterocycles. The van der Waals surface area contributed by atoms with E-state index in [0.29, 0.717) is 19.8 Å². The van der Waals surface area contributed by atoms with Gasteiger partial charge in [0.15, 0.2) is 0 Å². The normalized spacial score (nSPS) is 17.9. The summed E-state index contributed by atoms with van der Waals surface area (Å²) in [4.78, 5) is 20.9. The van der Waals surface area contributed by atoms with Gasteiger partial charge < -0.3 is 20.5 Å². The van der Waals surface area contributed by atoms with Crippen LogP contribution in [0.15, 0.2) is 43.0 Å². The Labute approximate surface area is 212 Å². The van der Waals surface area contributed by atoms with Crippen molar-refractivity contribution in [1.29, 1.82) is 0 Å². The zero-order valence-corrected chi connectivity index (χ0v) is 21.4. The fourth-order valence-electron chi connectivity index (χ4n) is 4.37. The van der Waals surface area contributed by atoms with Gasteiger partial charge in [0.2, 0.25) is 0 Å². The highest BCUT2D eigenvalue weighted by Crippen LogP contribution is 2.38. The van der Waals surface area contributed by atoms with E-state index >= 15 is 0 Å². The summed E-state index contributed by atoms with van der Waals surface area (Å²) in [6, 6.07) is 7.97. The lowest BCUT2D eigenvalue weighted by molar-refractivity contribution is 0.101. The minimum Gasteiger partial charge on any atom is -0.446 e. The molecule has 3 heterocycles. The molecule has 194 valence electrons.